The van der Waals surface area contributed by atoms with Gasteiger partial charge < -0.3 is 73.8 Å². The summed E-state index contributed by atoms with van der Waals surface area (Å²) in [5.41, 5.74) is 2.12. The van der Waals surface area contributed by atoms with Crippen LogP contribution in [0.5, 0.6) is 0 Å². The summed E-state index contributed by atoms with van der Waals surface area (Å²) in [6, 6.07) is 0. The fraction of sp³-hybridized carbons (Fsp3) is 0.575. The van der Waals surface area contributed by atoms with Crippen molar-refractivity contribution in [2.24, 2.45) is 0 Å². The second-order valence-electron chi connectivity index (χ2n) is 15.0. The second-order valence-corrected chi connectivity index (χ2v) is 15.0. The van der Waals surface area contributed by atoms with Crippen molar-refractivity contribution in [3.05, 3.63) is 83.1 Å². The van der Waals surface area contributed by atoms with Crippen molar-refractivity contribution in [2.45, 2.75) is 95.2 Å². The molecule has 8 N–H and O–H groups in total. The maximum atomic E-state index is 12.8. The molecule has 2 aliphatic rings. The van der Waals surface area contributed by atoms with Crippen LogP contribution in [0.3, 0.4) is 0 Å². The van der Waals surface area contributed by atoms with Crippen LogP contribution in [0.25, 0.3) is 0 Å². The number of carbonyl (C=O) groups excluding carboxylic acids is 3. The zero-order valence-corrected chi connectivity index (χ0v) is 33.9. The van der Waals surface area contributed by atoms with E-state index in [1.165, 1.54) is 13.0 Å². The highest BCUT2D eigenvalue weighted by molar-refractivity contribution is 5.88. The lowest BCUT2D eigenvalue weighted by atomic mass is 9.98. The molecule has 18 heteroatoms. The van der Waals surface area contributed by atoms with E-state index in [4.69, 9.17) is 28.4 Å². The number of aliphatic hydroxyl groups excluding tert-OH is 8. The lowest BCUT2D eigenvalue weighted by Gasteiger charge is -2.42. The van der Waals surface area contributed by atoms with Gasteiger partial charge in [-0.2, -0.15) is 0 Å². The van der Waals surface area contributed by atoms with E-state index in [-0.39, 0.29) is 25.3 Å². The van der Waals surface area contributed by atoms with Gasteiger partial charge in [-0.1, -0.05) is 71.9 Å². The Morgan fingerprint density at radius 2 is 1.12 bits per heavy atom. The fourth-order valence-corrected chi connectivity index (χ4v) is 5.05. The maximum absolute atomic E-state index is 12.8. The number of aliphatic hydroxyl groups is 8. The molecule has 2 fully saturated rings. The summed E-state index contributed by atoms with van der Waals surface area (Å²) < 4.78 is 31.8. The first-order valence-corrected chi connectivity index (χ1v) is 18.5. The van der Waals surface area contributed by atoms with Gasteiger partial charge in [-0.15, -0.1) is 0 Å². The first-order valence-electron chi connectivity index (χ1n) is 18.5. The number of esters is 3. The van der Waals surface area contributed by atoms with E-state index < -0.39 is 98.6 Å². The third-order valence-electron chi connectivity index (χ3n) is 8.50. The number of rotatable bonds is 19. The van der Waals surface area contributed by atoms with Crippen molar-refractivity contribution < 1.29 is 88.1 Å². The average molecular weight is 827 g/mol. The third kappa shape index (κ3) is 17.1. The standard InChI is InChI=1S/C40H60NO17/c1-23(14-10-16-25(3)37(51)54-21-27(43)20-53-30(44)18-41(5,6)7)12-8-9-13-24(2)15-11-17-26(4)38(52)58-40-36(50)34(48)32(46)29(57-40)22-55-39-35(49)33(47)31(45)28(19-42)56-39/h8-17,27-29,31-36,39-40,42-43,45-50H,18-22H2,1-7H3/q+1/b9-8+,14-10+,15-11+,23-12+,24-13+,25-16+,26-17+/t27?,28-,29-,31-,32-,33+,34+,35-,36-,39-,40+/m1/s1. The number of likely N-dealkylation sites (N-methyl/N-ethyl adjacent to an activating group) is 1. The first-order chi connectivity index (χ1) is 27.1. The molecule has 1 unspecified atom stereocenters. The molecular formula is C40H60NO17+. The highest BCUT2D eigenvalue weighted by atomic mass is 16.7. The molecule has 0 aromatic rings. The average Bonchev–Trinajstić information content (AvgIpc) is 3.16. The quantitative estimate of drug-likeness (QED) is 0.0249. The fourth-order valence-electron chi connectivity index (χ4n) is 5.05. The SMILES string of the molecule is CC(/C=C/C=C(\C)C(=O)OCC(O)COC(=O)C[N+](C)(C)C)=C\C=C\C=C(C)\C=C\C=C(/C)C(=O)O[C@@H]1O[C@H](CO[C@@H]2O[C@H](CO)[C@@H](O)[C@H](O)[C@H]2O)[C@@H](O)[C@H](O)[C@H]1O. The van der Waals surface area contributed by atoms with Crippen LogP contribution in [0.1, 0.15) is 27.7 Å². The van der Waals surface area contributed by atoms with E-state index >= 15 is 0 Å². The molecule has 2 rings (SSSR count). The zero-order chi connectivity index (χ0) is 43.7. The van der Waals surface area contributed by atoms with Gasteiger partial charge in [0, 0.05) is 11.1 Å². The van der Waals surface area contributed by atoms with E-state index in [1.54, 1.807) is 49.5 Å². The predicted octanol–water partition coefficient (Wildman–Crippen LogP) is -1.24. The number of quaternary nitrogens is 1. The number of carbonyl (C=O) groups is 3. The number of ether oxygens (including phenoxy) is 6. The van der Waals surface area contributed by atoms with Crippen LogP contribution in [-0.2, 0) is 42.8 Å². The Labute approximate surface area is 338 Å². The number of allylic oxidation sites excluding steroid dienone is 12. The molecule has 0 saturated carbocycles. The molecule has 326 valence electrons. The van der Waals surface area contributed by atoms with E-state index in [2.05, 4.69) is 0 Å². The highest BCUT2D eigenvalue weighted by Gasteiger charge is 2.48. The summed E-state index contributed by atoms with van der Waals surface area (Å²) in [6.07, 6.45) is -0.410. The summed E-state index contributed by atoms with van der Waals surface area (Å²) in [7, 11) is 5.49. The van der Waals surface area contributed by atoms with Gasteiger partial charge in [0.1, 0.15) is 68.1 Å². The van der Waals surface area contributed by atoms with Gasteiger partial charge in [-0.05, 0) is 27.7 Å². The minimum atomic E-state index is -1.82. The van der Waals surface area contributed by atoms with Crippen LogP contribution in [0.15, 0.2) is 83.1 Å². The Hall–Kier alpha value is -3.89. The molecule has 58 heavy (non-hydrogen) atoms. The Morgan fingerprint density at radius 1 is 0.638 bits per heavy atom. The van der Waals surface area contributed by atoms with Crippen molar-refractivity contribution in [1.29, 1.82) is 0 Å². The number of nitrogens with zero attached hydrogens (tertiary/aromatic N) is 1. The Kier molecular flexibility index (Phi) is 21.0. The van der Waals surface area contributed by atoms with Crippen molar-refractivity contribution in [2.75, 3.05) is 54.1 Å². The topological polar surface area (TPSA) is 268 Å². The summed E-state index contributed by atoms with van der Waals surface area (Å²) in [5.74, 6) is -1.98. The van der Waals surface area contributed by atoms with Gasteiger partial charge in [0.05, 0.1) is 34.4 Å². The first kappa shape index (κ1) is 50.3. The summed E-state index contributed by atoms with van der Waals surface area (Å²) >= 11 is 0. The van der Waals surface area contributed by atoms with Crippen LogP contribution in [0.2, 0.25) is 0 Å². The smallest absolute Gasteiger partial charge is 0.361 e. The van der Waals surface area contributed by atoms with Gasteiger partial charge in [0.25, 0.3) is 0 Å². The third-order valence-corrected chi connectivity index (χ3v) is 8.50. The predicted molar refractivity (Wildman–Crippen MR) is 206 cm³/mol. The van der Waals surface area contributed by atoms with Gasteiger partial charge in [-0.25, -0.2) is 14.4 Å². The molecule has 0 spiro atoms. The lowest BCUT2D eigenvalue weighted by molar-refractivity contribution is -0.862. The van der Waals surface area contributed by atoms with E-state index in [1.807, 2.05) is 47.1 Å². The van der Waals surface area contributed by atoms with Crippen molar-refractivity contribution >= 4 is 17.9 Å². The molecule has 0 amide bonds. The van der Waals surface area contributed by atoms with Crippen LogP contribution < -0.4 is 0 Å². The minimum Gasteiger partial charge on any atom is -0.459 e. The lowest BCUT2D eigenvalue weighted by Crippen LogP contribution is -2.61. The molecule has 18 nitrogen and oxygen atoms in total. The largest absolute Gasteiger partial charge is 0.459 e. The number of hydrogen-bond acceptors (Lipinski definition) is 17. The van der Waals surface area contributed by atoms with Crippen LogP contribution in [0, 0.1) is 0 Å². The molecule has 0 radical (unpaired) electrons. The minimum absolute atomic E-state index is 0.111. The molecule has 2 saturated heterocycles. The second kappa shape index (κ2) is 24.3. The molecule has 2 aliphatic heterocycles. The van der Waals surface area contributed by atoms with Crippen molar-refractivity contribution in [3.63, 3.8) is 0 Å². The van der Waals surface area contributed by atoms with Gasteiger partial charge in [0.15, 0.2) is 12.8 Å². The molecule has 2 heterocycles. The molecule has 0 aliphatic carbocycles. The molecule has 11 atom stereocenters. The summed E-state index contributed by atoms with van der Waals surface area (Å²) in [4.78, 5) is 36.7. The maximum Gasteiger partial charge on any atom is 0.361 e. The van der Waals surface area contributed by atoms with Crippen molar-refractivity contribution in [1.82, 2.24) is 0 Å². The van der Waals surface area contributed by atoms with E-state index in [0.29, 0.717) is 10.1 Å². The van der Waals surface area contributed by atoms with Crippen LogP contribution in [-0.4, -0.2) is 185 Å². The van der Waals surface area contributed by atoms with Crippen molar-refractivity contribution in [3.8, 4) is 0 Å². The Morgan fingerprint density at radius 3 is 1.66 bits per heavy atom. The molecule has 0 bridgehead atoms. The molecule has 0 aromatic heterocycles. The Bertz CT molecular complexity index is 1570. The van der Waals surface area contributed by atoms with Gasteiger partial charge in [-0.3, -0.25) is 0 Å². The molecular weight excluding hydrogens is 766 g/mol. The number of hydrogen-bond donors (Lipinski definition) is 8. The van der Waals surface area contributed by atoms with E-state index in [0.717, 1.165) is 11.1 Å². The Balaban J connectivity index is 1.84. The summed E-state index contributed by atoms with van der Waals surface area (Å²) in [5, 5.41) is 80.6. The zero-order valence-electron chi connectivity index (χ0n) is 33.9. The van der Waals surface area contributed by atoms with Gasteiger partial charge >= 0.3 is 17.9 Å². The normalized spacial score (nSPS) is 29.9. The van der Waals surface area contributed by atoms with Gasteiger partial charge in [0.2, 0.25) is 6.29 Å². The van der Waals surface area contributed by atoms with Crippen LogP contribution in [0.4, 0.5) is 0 Å². The highest BCUT2D eigenvalue weighted by Crippen LogP contribution is 2.26. The molecule has 0 aromatic carbocycles. The van der Waals surface area contributed by atoms with E-state index in [9.17, 15) is 55.2 Å². The van der Waals surface area contributed by atoms with Crippen LogP contribution >= 0.6 is 0 Å². The monoisotopic (exact) mass is 826 g/mol. The summed E-state index contributed by atoms with van der Waals surface area (Å²) in [6.45, 7) is 4.98.